The molecule has 1 unspecified atom stereocenters. The lowest BCUT2D eigenvalue weighted by Gasteiger charge is -2.34. The molecule has 3 aliphatic heterocycles. The summed E-state index contributed by atoms with van der Waals surface area (Å²) < 4.78 is 0. The van der Waals surface area contributed by atoms with Gasteiger partial charge in [-0.2, -0.15) is 0 Å². The molecule has 2 atom stereocenters. The van der Waals surface area contributed by atoms with E-state index < -0.39 is 35.6 Å². The Hall–Kier alpha value is -3.31. The van der Waals surface area contributed by atoms with Crippen molar-refractivity contribution in [2.45, 2.75) is 58.0 Å². The van der Waals surface area contributed by atoms with Gasteiger partial charge < -0.3 is 15.9 Å². The summed E-state index contributed by atoms with van der Waals surface area (Å²) in [6.07, 6.45) is 3.65. The van der Waals surface area contributed by atoms with E-state index in [1.807, 2.05) is 13.8 Å². The van der Waals surface area contributed by atoms with Crippen molar-refractivity contribution in [2.24, 2.45) is 5.92 Å². The van der Waals surface area contributed by atoms with Crippen LogP contribution < -0.4 is 5.73 Å². The first-order valence-corrected chi connectivity index (χ1v) is 12.3. The van der Waals surface area contributed by atoms with Crippen molar-refractivity contribution in [3.05, 3.63) is 29.3 Å². The number of benzene rings is 1. The van der Waals surface area contributed by atoms with E-state index in [4.69, 9.17) is 15.9 Å². The van der Waals surface area contributed by atoms with Crippen molar-refractivity contribution < 1.29 is 34.2 Å². The average Bonchev–Trinajstić information content (AvgIpc) is 3.08. The first-order valence-electron chi connectivity index (χ1n) is 12.3. The van der Waals surface area contributed by atoms with Gasteiger partial charge in [0.1, 0.15) is 12.1 Å². The van der Waals surface area contributed by atoms with Crippen LogP contribution in [0.5, 0.6) is 0 Å². The number of carbonyl (C=O) groups is 5. The Morgan fingerprint density at radius 2 is 1.75 bits per heavy atom. The molecule has 0 spiro atoms. The van der Waals surface area contributed by atoms with Crippen LogP contribution in [0.1, 0.15) is 66.7 Å². The van der Waals surface area contributed by atoms with Gasteiger partial charge in [-0.3, -0.25) is 38.7 Å². The summed E-state index contributed by atoms with van der Waals surface area (Å²) >= 11 is 0. The fraction of sp³-hybridized carbons (Fsp3) is 0.560. The highest BCUT2D eigenvalue weighted by atomic mass is 16.4. The Kier molecular flexibility index (Phi) is 8.80. The number of nitrogen functional groups attached to an aromatic ring is 1. The molecule has 11 heteroatoms. The van der Waals surface area contributed by atoms with Crippen LogP contribution in [-0.4, -0.2) is 92.8 Å². The summed E-state index contributed by atoms with van der Waals surface area (Å²) in [5, 5.41) is 18.0. The number of fused-ring (bicyclic) bond motifs is 1. The van der Waals surface area contributed by atoms with Crippen LogP contribution in [0.25, 0.3) is 0 Å². The number of hydrogen-bond donors (Lipinski definition) is 3. The number of aliphatic hydroxyl groups is 1. The van der Waals surface area contributed by atoms with Crippen LogP contribution in [0.4, 0.5) is 5.69 Å². The molecule has 3 heterocycles. The lowest BCUT2D eigenvalue weighted by atomic mass is 9.99. The smallest absolute Gasteiger partial charge is 0.321 e. The van der Waals surface area contributed by atoms with Crippen LogP contribution in [0.15, 0.2) is 18.2 Å². The van der Waals surface area contributed by atoms with Gasteiger partial charge in [-0.25, -0.2) is 0 Å². The number of likely N-dealkylation sites (tertiary alicyclic amines) is 2. The molecule has 4 rings (SSSR count). The fourth-order valence-electron chi connectivity index (χ4n) is 5.07. The van der Waals surface area contributed by atoms with E-state index in [0.29, 0.717) is 0 Å². The average molecular weight is 503 g/mol. The predicted molar refractivity (Wildman–Crippen MR) is 130 cm³/mol. The number of carbonyl (C=O) groups excluding carboxylic acids is 4. The van der Waals surface area contributed by atoms with Gasteiger partial charge in [-0.15, -0.1) is 0 Å². The molecule has 2 fully saturated rings. The number of piperidine rings is 2. The number of rotatable bonds is 6. The van der Waals surface area contributed by atoms with E-state index in [9.17, 15) is 24.0 Å². The standard InChI is InChI=1S/C15H15N3O5.C10H19NO2/c16-9-3-1-2-8-12(9)15(23)18(13(8)21)10-4-5-11(20)17(6-7-19)14(10)22;1-8(2)9(10(12)13)11-6-4-3-5-7-11/h1-3,10,19H,4-7,16H2;8-9H,3-7H2,1-2H3,(H,12,13)/t;9-/m.0/s1. The molecular weight excluding hydrogens is 468 g/mol. The molecular formula is C25H34N4O7. The zero-order chi connectivity index (χ0) is 26.6. The van der Waals surface area contributed by atoms with Gasteiger partial charge in [0, 0.05) is 12.1 Å². The largest absolute Gasteiger partial charge is 0.480 e. The van der Waals surface area contributed by atoms with Crippen molar-refractivity contribution >= 4 is 35.3 Å². The molecule has 0 saturated carbocycles. The Bertz CT molecular complexity index is 1040. The quantitative estimate of drug-likeness (QED) is 0.380. The maximum absolute atomic E-state index is 12.5. The van der Waals surface area contributed by atoms with E-state index >= 15 is 0 Å². The fourth-order valence-corrected chi connectivity index (χ4v) is 5.07. The summed E-state index contributed by atoms with van der Waals surface area (Å²) in [6, 6.07) is 3.23. The highest BCUT2D eigenvalue weighted by Crippen LogP contribution is 2.32. The highest BCUT2D eigenvalue weighted by molar-refractivity contribution is 6.25. The highest BCUT2D eigenvalue weighted by Gasteiger charge is 2.47. The SMILES string of the molecule is CC(C)[C@@H](C(=O)O)N1CCCCC1.Nc1cccc2c1C(=O)N(C1CCC(=O)N(CCO)C1=O)C2=O. The third-order valence-corrected chi connectivity index (χ3v) is 6.77. The summed E-state index contributed by atoms with van der Waals surface area (Å²) in [5.74, 6) is -2.75. The maximum Gasteiger partial charge on any atom is 0.321 e. The molecule has 3 aliphatic rings. The van der Waals surface area contributed by atoms with Crippen LogP contribution in [0.3, 0.4) is 0 Å². The van der Waals surface area contributed by atoms with Crippen LogP contribution >= 0.6 is 0 Å². The lowest BCUT2D eigenvalue weighted by molar-refractivity contribution is -0.152. The topological polar surface area (TPSA) is 162 Å². The van der Waals surface area contributed by atoms with Crippen LogP contribution in [0.2, 0.25) is 0 Å². The summed E-state index contributed by atoms with van der Waals surface area (Å²) in [7, 11) is 0. The van der Waals surface area contributed by atoms with Gasteiger partial charge in [0.05, 0.1) is 24.3 Å². The number of β-amino-alcohol motifs (C(OH)–C–C–N with tert-alkyl or cyclic N) is 1. The Morgan fingerprint density at radius 3 is 2.31 bits per heavy atom. The van der Waals surface area contributed by atoms with E-state index in [1.165, 1.54) is 18.6 Å². The van der Waals surface area contributed by atoms with Gasteiger partial charge in [0.2, 0.25) is 5.91 Å². The molecule has 0 aliphatic carbocycles. The zero-order valence-corrected chi connectivity index (χ0v) is 20.7. The molecule has 1 aromatic rings. The van der Waals surface area contributed by atoms with Gasteiger partial charge in [0.25, 0.3) is 17.7 Å². The molecule has 0 radical (unpaired) electrons. The summed E-state index contributed by atoms with van der Waals surface area (Å²) in [6.45, 7) is 5.34. The predicted octanol–water partition coefficient (Wildman–Crippen LogP) is 0.956. The number of aliphatic hydroxyl groups excluding tert-OH is 1. The number of nitrogens with zero attached hydrogens (tertiary/aromatic N) is 3. The second-order valence-corrected chi connectivity index (χ2v) is 9.54. The van der Waals surface area contributed by atoms with E-state index in [0.717, 1.165) is 35.7 Å². The monoisotopic (exact) mass is 502 g/mol. The summed E-state index contributed by atoms with van der Waals surface area (Å²) in [5.41, 5.74) is 6.20. The molecule has 11 nitrogen and oxygen atoms in total. The van der Waals surface area contributed by atoms with Crippen molar-refractivity contribution in [2.75, 3.05) is 32.0 Å². The van der Waals surface area contributed by atoms with Gasteiger partial charge in [0.15, 0.2) is 0 Å². The number of hydrogen-bond acceptors (Lipinski definition) is 8. The molecule has 196 valence electrons. The van der Waals surface area contributed by atoms with Crippen molar-refractivity contribution in [1.82, 2.24) is 14.7 Å². The first kappa shape index (κ1) is 27.3. The Balaban J connectivity index is 0.000000236. The van der Waals surface area contributed by atoms with Crippen LogP contribution in [-0.2, 0) is 14.4 Å². The maximum atomic E-state index is 12.5. The molecule has 2 saturated heterocycles. The molecule has 0 aromatic heterocycles. The number of nitrogens with two attached hydrogens (primary N) is 1. The van der Waals surface area contributed by atoms with Crippen molar-refractivity contribution in [3.8, 4) is 0 Å². The number of anilines is 1. The van der Waals surface area contributed by atoms with Gasteiger partial charge in [-0.05, 0) is 50.4 Å². The number of carboxylic acid groups (broad SMARTS) is 1. The lowest BCUT2D eigenvalue weighted by Crippen LogP contribution is -2.56. The minimum absolute atomic E-state index is 0.0271. The normalized spacial score (nSPS) is 21.4. The second-order valence-electron chi connectivity index (χ2n) is 9.54. The van der Waals surface area contributed by atoms with E-state index in [1.54, 1.807) is 6.07 Å². The summed E-state index contributed by atoms with van der Waals surface area (Å²) in [4.78, 5) is 64.1. The van der Waals surface area contributed by atoms with E-state index in [2.05, 4.69) is 4.90 Å². The molecule has 0 bridgehead atoms. The third kappa shape index (κ3) is 5.41. The Morgan fingerprint density at radius 1 is 1.08 bits per heavy atom. The zero-order valence-electron chi connectivity index (χ0n) is 20.7. The second kappa shape index (κ2) is 11.6. The van der Waals surface area contributed by atoms with Crippen molar-refractivity contribution in [1.29, 1.82) is 0 Å². The van der Waals surface area contributed by atoms with E-state index in [-0.39, 0.29) is 54.8 Å². The Labute approximate surface area is 209 Å². The van der Waals surface area contributed by atoms with Gasteiger partial charge >= 0.3 is 5.97 Å². The minimum Gasteiger partial charge on any atom is -0.480 e. The number of carboxylic acids is 1. The number of aliphatic carboxylic acids is 1. The van der Waals surface area contributed by atoms with Crippen LogP contribution in [0, 0.1) is 5.92 Å². The molecule has 4 N–H and O–H groups in total. The number of imide groups is 2. The van der Waals surface area contributed by atoms with Crippen molar-refractivity contribution in [3.63, 3.8) is 0 Å². The van der Waals surface area contributed by atoms with Gasteiger partial charge in [-0.1, -0.05) is 26.3 Å². The minimum atomic E-state index is -1.05. The third-order valence-electron chi connectivity index (χ3n) is 6.77. The number of amides is 4. The molecule has 4 amide bonds. The first-order chi connectivity index (χ1) is 17.1. The molecule has 36 heavy (non-hydrogen) atoms. The molecule has 1 aromatic carbocycles.